The fourth-order valence-electron chi connectivity index (χ4n) is 6.69. The molecule has 10 nitrogen and oxygen atoms in total. The molecule has 0 atom stereocenters. The van der Waals surface area contributed by atoms with Gasteiger partial charge in [0.15, 0.2) is 0 Å². The van der Waals surface area contributed by atoms with Crippen molar-refractivity contribution < 1.29 is 28.6 Å². The molecule has 0 aliphatic heterocycles. The third-order valence-corrected chi connectivity index (χ3v) is 9.24. The van der Waals surface area contributed by atoms with Crippen LogP contribution in [0.5, 0.6) is 5.88 Å². The number of anilines is 1. The summed E-state index contributed by atoms with van der Waals surface area (Å²) in [5.74, 6) is -1.82. The highest BCUT2D eigenvalue weighted by Gasteiger charge is 2.46. The zero-order chi connectivity index (χ0) is 33.1. The average molecular weight is 640 g/mol. The normalized spacial score (nSPS) is 16.1. The molecule has 2 saturated carbocycles. The molecule has 2 aliphatic rings. The third-order valence-electron chi connectivity index (χ3n) is 9.24. The van der Waals surface area contributed by atoms with Crippen LogP contribution in [0.3, 0.4) is 0 Å². The van der Waals surface area contributed by atoms with Crippen LogP contribution in [0.25, 0.3) is 28.4 Å². The van der Waals surface area contributed by atoms with Gasteiger partial charge in [-0.2, -0.15) is 4.98 Å². The van der Waals surface area contributed by atoms with Gasteiger partial charge in [-0.25, -0.2) is 9.18 Å². The van der Waals surface area contributed by atoms with E-state index in [1.54, 1.807) is 31.2 Å². The first-order chi connectivity index (χ1) is 22.7. The molecule has 244 valence electrons. The van der Waals surface area contributed by atoms with Crippen LogP contribution in [0.15, 0.2) is 54.7 Å². The van der Waals surface area contributed by atoms with Gasteiger partial charge in [-0.1, -0.05) is 19.3 Å². The maximum atomic E-state index is 13.8. The number of carboxylic acids is 1. The molecule has 2 amide bonds. The van der Waals surface area contributed by atoms with E-state index >= 15 is 0 Å². The van der Waals surface area contributed by atoms with E-state index in [1.165, 1.54) is 24.8 Å². The van der Waals surface area contributed by atoms with Crippen molar-refractivity contribution in [1.82, 2.24) is 19.9 Å². The molecule has 0 unspecified atom stereocenters. The van der Waals surface area contributed by atoms with Gasteiger partial charge in [-0.3, -0.25) is 14.6 Å². The summed E-state index contributed by atoms with van der Waals surface area (Å²) in [6.07, 6.45) is 10.9. The standard InChI is InChI=1S/C36H38FN5O5/c1-3-47-34-23(12-17-31(43)44)11-16-30(39-34)40-35(46)36(18-7-19-36)41-33(45)24-10-15-29-27(20-24)22(2)32(28-14-13-25(37)21-38-28)42(29)26-8-5-4-6-9-26/h10-17,20-21,26H,3-9,18-19H2,1-2H3,(H,41,45)(H,43,44)(H,39,40,46)/b17-12+. The lowest BCUT2D eigenvalue weighted by atomic mass is 9.75. The predicted octanol–water partition coefficient (Wildman–Crippen LogP) is 6.84. The SMILES string of the molecule is CCOc1nc(NC(=O)C2(NC(=O)c3ccc4c(c3)c(C)c(-c3ccc(F)cn3)n4C3CCCCC3)CCC2)ccc1/C=C/C(=O)O. The van der Waals surface area contributed by atoms with Crippen LogP contribution >= 0.6 is 0 Å². The van der Waals surface area contributed by atoms with Crippen LogP contribution in [-0.4, -0.2) is 49.6 Å². The number of carboxylic acid groups (broad SMARTS) is 1. The Morgan fingerprint density at radius 2 is 1.87 bits per heavy atom. The summed E-state index contributed by atoms with van der Waals surface area (Å²) < 4.78 is 21.7. The molecular formula is C36H38FN5O5. The van der Waals surface area contributed by atoms with Gasteiger partial charge in [0.1, 0.15) is 17.2 Å². The van der Waals surface area contributed by atoms with E-state index in [0.717, 1.165) is 60.3 Å². The van der Waals surface area contributed by atoms with Gasteiger partial charge in [-0.15, -0.1) is 0 Å². The van der Waals surface area contributed by atoms with Gasteiger partial charge in [0.25, 0.3) is 11.8 Å². The van der Waals surface area contributed by atoms with E-state index in [4.69, 9.17) is 9.84 Å². The largest absolute Gasteiger partial charge is 0.478 e. The van der Waals surface area contributed by atoms with Gasteiger partial charge < -0.3 is 25.0 Å². The first-order valence-corrected chi connectivity index (χ1v) is 16.1. The number of carbonyl (C=O) groups excluding carboxylic acids is 2. The maximum absolute atomic E-state index is 13.8. The van der Waals surface area contributed by atoms with Crippen LogP contribution in [0.1, 0.15) is 85.8 Å². The number of carbonyl (C=O) groups is 3. The van der Waals surface area contributed by atoms with Gasteiger partial charge in [0, 0.05) is 34.1 Å². The van der Waals surface area contributed by atoms with Gasteiger partial charge in [0.2, 0.25) is 5.88 Å². The van der Waals surface area contributed by atoms with Gasteiger partial charge in [0.05, 0.1) is 24.2 Å². The van der Waals surface area contributed by atoms with Crippen LogP contribution in [-0.2, 0) is 9.59 Å². The van der Waals surface area contributed by atoms with E-state index in [2.05, 4.69) is 25.2 Å². The molecule has 0 saturated heterocycles. The molecule has 4 aromatic rings. The lowest BCUT2D eigenvalue weighted by Crippen LogP contribution is -2.61. The number of nitrogens with zero attached hydrogens (tertiary/aromatic N) is 3. The summed E-state index contributed by atoms with van der Waals surface area (Å²) in [5, 5.41) is 15.7. The Bertz CT molecular complexity index is 1860. The van der Waals surface area contributed by atoms with E-state index in [-0.39, 0.29) is 29.6 Å². The fraction of sp³-hybridized carbons (Fsp3) is 0.361. The summed E-state index contributed by atoms with van der Waals surface area (Å²) in [6.45, 7) is 4.09. The average Bonchev–Trinajstić information content (AvgIpc) is 3.34. The minimum atomic E-state index is -1.10. The molecule has 47 heavy (non-hydrogen) atoms. The van der Waals surface area contributed by atoms with Crippen LogP contribution in [0, 0.1) is 12.7 Å². The number of nitrogens with one attached hydrogen (secondary N) is 2. The molecule has 3 aromatic heterocycles. The second-order valence-electron chi connectivity index (χ2n) is 12.3. The second-order valence-corrected chi connectivity index (χ2v) is 12.3. The highest BCUT2D eigenvalue weighted by atomic mass is 19.1. The number of halogens is 1. The minimum Gasteiger partial charge on any atom is -0.478 e. The Morgan fingerprint density at radius 3 is 2.53 bits per heavy atom. The quantitative estimate of drug-likeness (QED) is 0.162. The Balaban J connectivity index is 1.27. The number of benzene rings is 1. The van der Waals surface area contributed by atoms with E-state index in [9.17, 15) is 18.8 Å². The van der Waals surface area contributed by atoms with E-state index < -0.39 is 17.3 Å². The van der Waals surface area contributed by atoms with Crippen molar-refractivity contribution in [3.05, 3.63) is 77.2 Å². The number of amides is 2. The predicted molar refractivity (Wildman–Crippen MR) is 177 cm³/mol. The lowest BCUT2D eigenvalue weighted by molar-refractivity contribution is -0.131. The van der Waals surface area contributed by atoms with Gasteiger partial charge in [-0.05, 0) is 100 Å². The minimum absolute atomic E-state index is 0.188. The lowest BCUT2D eigenvalue weighted by Gasteiger charge is -2.40. The summed E-state index contributed by atoms with van der Waals surface area (Å²) in [5.41, 5.74) is 3.38. The molecule has 3 heterocycles. The molecule has 0 radical (unpaired) electrons. The number of ether oxygens (including phenoxy) is 1. The number of hydrogen-bond acceptors (Lipinski definition) is 6. The molecule has 11 heteroatoms. The number of aliphatic carboxylic acids is 1. The Hall–Kier alpha value is -5.06. The van der Waals surface area contributed by atoms with Crippen molar-refractivity contribution in [3.63, 3.8) is 0 Å². The van der Waals surface area contributed by atoms with Gasteiger partial charge >= 0.3 is 5.97 Å². The van der Waals surface area contributed by atoms with Crippen molar-refractivity contribution in [2.24, 2.45) is 0 Å². The number of fused-ring (bicyclic) bond motifs is 1. The number of pyridine rings is 2. The molecule has 3 N–H and O–H groups in total. The number of aromatic nitrogens is 3. The Morgan fingerprint density at radius 1 is 1.09 bits per heavy atom. The highest BCUT2D eigenvalue weighted by Crippen LogP contribution is 2.40. The van der Waals surface area contributed by atoms with Crippen LogP contribution in [0.4, 0.5) is 10.2 Å². The molecule has 0 bridgehead atoms. The van der Waals surface area contributed by atoms with E-state index in [1.807, 2.05) is 19.1 Å². The number of hydrogen-bond donors (Lipinski definition) is 3. The maximum Gasteiger partial charge on any atom is 0.328 e. The smallest absolute Gasteiger partial charge is 0.328 e. The van der Waals surface area contributed by atoms with Crippen LogP contribution in [0.2, 0.25) is 0 Å². The van der Waals surface area contributed by atoms with Crippen molar-refractivity contribution in [2.45, 2.75) is 76.8 Å². The zero-order valence-corrected chi connectivity index (χ0v) is 26.5. The monoisotopic (exact) mass is 639 g/mol. The van der Waals surface area contributed by atoms with Crippen molar-refractivity contribution >= 4 is 40.6 Å². The fourth-order valence-corrected chi connectivity index (χ4v) is 6.69. The van der Waals surface area contributed by atoms with Crippen molar-refractivity contribution in [1.29, 1.82) is 0 Å². The molecule has 0 spiro atoms. The molecule has 2 fully saturated rings. The van der Waals surface area contributed by atoms with Crippen molar-refractivity contribution in [3.8, 4) is 17.3 Å². The summed E-state index contributed by atoms with van der Waals surface area (Å²) in [7, 11) is 0. The molecule has 2 aliphatic carbocycles. The number of aryl methyl sites for hydroxylation is 1. The Labute approximate surface area is 272 Å². The highest BCUT2D eigenvalue weighted by molar-refractivity contribution is 6.06. The van der Waals surface area contributed by atoms with E-state index in [0.29, 0.717) is 36.3 Å². The topological polar surface area (TPSA) is 135 Å². The summed E-state index contributed by atoms with van der Waals surface area (Å²) in [6, 6.07) is 12.2. The molecule has 1 aromatic carbocycles. The molecule has 6 rings (SSSR count). The molecular weight excluding hydrogens is 601 g/mol. The second kappa shape index (κ2) is 13.4. The summed E-state index contributed by atoms with van der Waals surface area (Å²) >= 11 is 0. The first-order valence-electron chi connectivity index (χ1n) is 16.1. The third kappa shape index (κ3) is 6.47. The zero-order valence-electron chi connectivity index (χ0n) is 26.5. The van der Waals surface area contributed by atoms with Crippen molar-refractivity contribution in [2.75, 3.05) is 11.9 Å². The summed E-state index contributed by atoms with van der Waals surface area (Å²) in [4.78, 5) is 47.1. The number of rotatable bonds is 10. The van der Waals surface area contributed by atoms with Crippen LogP contribution < -0.4 is 15.4 Å². The Kier molecular flexibility index (Phi) is 9.06. The first kappa shape index (κ1) is 31.9.